The van der Waals surface area contributed by atoms with E-state index < -0.39 is 5.97 Å². The molecule has 0 spiro atoms. The van der Waals surface area contributed by atoms with Crippen molar-refractivity contribution in [3.05, 3.63) is 40.9 Å². The van der Waals surface area contributed by atoms with E-state index >= 15 is 0 Å². The molecule has 0 aromatic carbocycles. The summed E-state index contributed by atoms with van der Waals surface area (Å²) in [5, 5.41) is 20.8. The van der Waals surface area contributed by atoms with Gasteiger partial charge < -0.3 is 14.8 Å². The maximum Gasteiger partial charge on any atom is 0.325 e. The minimum absolute atomic E-state index is 0.0873. The van der Waals surface area contributed by atoms with Gasteiger partial charge >= 0.3 is 5.97 Å². The fourth-order valence-corrected chi connectivity index (χ4v) is 2.79. The molecule has 0 radical (unpaired) electrons. The van der Waals surface area contributed by atoms with E-state index in [9.17, 15) is 9.59 Å². The summed E-state index contributed by atoms with van der Waals surface area (Å²) in [7, 11) is 0. The molecule has 3 heterocycles. The van der Waals surface area contributed by atoms with Gasteiger partial charge in [0, 0.05) is 0 Å². The molecule has 0 saturated heterocycles. The SMILES string of the molecule is Cc1oc(-c2cccs2)nc1CC(=O)NCc1cn(CC(=O)O)nn1. The van der Waals surface area contributed by atoms with E-state index in [1.807, 2.05) is 17.5 Å². The zero-order valence-electron chi connectivity index (χ0n) is 13.3. The van der Waals surface area contributed by atoms with Crippen LogP contribution in [0.3, 0.4) is 0 Å². The van der Waals surface area contributed by atoms with Crippen molar-refractivity contribution < 1.29 is 19.1 Å². The van der Waals surface area contributed by atoms with E-state index in [2.05, 4.69) is 20.6 Å². The van der Waals surface area contributed by atoms with Gasteiger partial charge in [0.05, 0.1) is 29.7 Å². The van der Waals surface area contributed by atoms with Gasteiger partial charge in [-0.2, -0.15) is 0 Å². The van der Waals surface area contributed by atoms with E-state index in [4.69, 9.17) is 9.52 Å². The molecule has 0 aliphatic rings. The van der Waals surface area contributed by atoms with Crippen LogP contribution in [0, 0.1) is 6.92 Å². The van der Waals surface area contributed by atoms with E-state index in [0.29, 0.717) is 23.0 Å². The Morgan fingerprint density at radius 3 is 3.00 bits per heavy atom. The molecule has 0 atom stereocenters. The number of nitrogens with one attached hydrogen (secondary N) is 1. The number of aromatic nitrogens is 4. The number of carbonyl (C=O) groups excluding carboxylic acids is 1. The third-order valence-corrected chi connectivity index (χ3v) is 4.16. The van der Waals surface area contributed by atoms with Crippen LogP contribution < -0.4 is 5.32 Å². The number of carboxylic acid groups (broad SMARTS) is 1. The lowest BCUT2D eigenvalue weighted by atomic mass is 10.2. The van der Waals surface area contributed by atoms with Gasteiger partial charge in [-0.1, -0.05) is 11.3 Å². The van der Waals surface area contributed by atoms with Crippen LogP contribution in [0.5, 0.6) is 0 Å². The van der Waals surface area contributed by atoms with E-state index in [1.165, 1.54) is 22.2 Å². The van der Waals surface area contributed by atoms with Crippen LogP contribution in [0.15, 0.2) is 28.1 Å². The molecular weight excluding hydrogens is 346 g/mol. The van der Waals surface area contributed by atoms with Crippen molar-refractivity contribution >= 4 is 23.2 Å². The molecule has 130 valence electrons. The molecular formula is C15H15N5O4S. The van der Waals surface area contributed by atoms with Crippen LogP contribution in [-0.4, -0.2) is 37.0 Å². The van der Waals surface area contributed by atoms with Crippen molar-refractivity contribution in [3.63, 3.8) is 0 Å². The Labute approximate surface area is 146 Å². The topological polar surface area (TPSA) is 123 Å². The number of aliphatic carboxylic acids is 1. The highest BCUT2D eigenvalue weighted by molar-refractivity contribution is 7.13. The number of aryl methyl sites for hydroxylation is 1. The fourth-order valence-electron chi connectivity index (χ4n) is 2.14. The monoisotopic (exact) mass is 361 g/mol. The van der Waals surface area contributed by atoms with Gasteiger partial charge in [0.15, 0.2) is 0 Å². The number of carboxylic acids is 1. The van der Waals surface area contributed by atoms with Crippen molar-refractivity contribution in [2.75, 3.05) is 0 Å². The summed E-state index contributed by atoms with van der Waals surface area (Å²) in [6.45, 7) is 1.65. The summed E-state index contributed by atoms with van der Waals surface area (Å²) in [5.74, 6) is -0.136. The maximum atomic E-state index is 12.1. The Morgan fingerprint density at radius 2 is 2.28 bits per heavy atom. The second kappa shape index (κ2) is 7.26. The smallest absolute Gasteiger partial charge is 0.325 e. The summed E-state index contributed by atoms with van der Waals surface area (Å²) in [4.78, 5) is 27.9. The second-order valence-corrected chi connectivity index (χ2v) is 6.20. The van der Waals surface area contributed by atoms with Crippen molar-refractivity contribution in [3.8, 4) is 10.8 Å². The number of rotatable bonds is 7. The molecule has 3 aromatic rings. The molecule has 2 N–H and O–H groups in total. The summed E-state index contributed by atoms with van der Waals surface area (Å²) >= 11 is 1.51. The van der Waals surface area contributed by atoms with Gasteiger partial charge in [0.2, 0.25) is 11.8 Å². The Bertz CT molecular complexity index is 884. The van der Waals surface area contributed by atoms with Crippen molar-refractivity contribution in [2.45, 2.75) is 26.4 Å². The Morgan fingerprint density at radius 1 is 1.44 bits per heavy atom. The first-order valence-corrected chi connectivity index (χ1v) is 8.27. The standard InChI is InChI=1S/C15H15N5O4S/c1-9-11(17-15(24-9)12-3-2-4-25-12)5-13(21)16-6-10-7-20(19-18-10)8-14(22)23/h2-4,7H,5-6,8H2,1H3,(H,16,21)(H,22,23). The first-order chi connectivity index (χ1) is 12.0. The first kappa shape index (κ1) is 16.8. The van der Waals surface area contributed by atoms with Crippen LogP contribution in [0.1, 0.15) is 17.1 Å². The number of hydrogen-bond donors (Lipinski definition) is 2. The lowest BCUT2D eigenvalue weighted by Gasteiger charge is -2.01. The molecule has 9 nitrogen and oxygen atoms in total. The molecule has 0 aliphatic heterocycles. The molecule has 25 heavy (non-hydrogen) atoms. The highest BCUT2D eigenvalue weighted by atomic mass is 32.1. The zero-order valence-corrected chi connectivity index (χ0v) is 14.1. The van der Waals surface area contributed by atoms with Gasteiger partial charge in [-0.3, -0.25) is 9.59 Å². The van der Waals surface area contributed by atoms with Crippen LogP contribution >= 0.6 is 11.3 Å². The quantitative estimate of drug-likeness (QED) is 0.649. The van der Waals surface area contributed by atoms with Gasteiger partial charge in [0.25, 0.3) is 0 Å². The molecule has 3 rings (SSSR count). The van der Waals surface area contributed by atoms with Gasteiger partial charge in [-0.15, -0.1) is 16.4 Å². The average Bonchev–Trinajstić information content (AvgIpc) is 3.27. The number of amides is 1. The number of thiophene rings is 1. The van der Waals surface area contributed by atoms with Crippen LogP contribution in [-0.2, 0) is 29.1 Å². The van der Waals surface area contributed by atoms with Crippen LogP contribution in [0.25, 0.3) is 10.8 Å². The van der Waals surface area contributed by atoms with Crippen LogP contribution in [0.4, 0.5) is 0 Å². The lowest BCUT2D eigenvalue weighted by molar-refractivity contribution is -0.138. The molecule has 1 amide bonds. The van der Waals surface area contributed by atoms with Gasteiger partial charge in [-0.25, -0.2) is 9.67 Å². The van der Waals surface area contributed by atoms with E-state index in [1.54, 1.807) is 6.92 Å². The molecule has 0 unspecified atom stereocenters. The fraction of sp³-hybridized carbons (Fsp3) is 0.267. The van der Waals surface area contributed by atoms with Crippen molar-refractivity contribution in [1.29, 1.82) is 0 Å². The van der Waals surface area contributed by atoms with Crippen molar-refractivity contribution in [1.82, 2.24) is 25.3 Å². The van der Waals surface area contributed by atoms with E-state index in [-0.39, 0.29) is 25.4 Å². The lowest BCUT2D eigenvalue weighted by Crippen LogP contribution is -2.25. The number of nitrogens with zero attached hydrogens (tertiary/aromatic N) is 4. The highest BCUT2D eigenvalue weighted by Crippen LogP contribution is 2.25. The van der Waals surface area contributed by atoms with Crippen molar-refractivity contribution in [2.24, 2.45) is 0 Å². The molecule has 0 bridgehead atoms. The largest absolute Gasteiger partial charge is 0.480 e. The predicted octanol–water partition coefficient (Wildman–Crippen LogP) is 1.25. The minimum atomic E-state index is -1.01. The molecule has 0 fully saturated rings. The Balaban J connectivity index is 1.56. The average molecular weight is 361 g/mol. The summed E-state index contributed by atoms with van der Waals surface area (Å²) < 4.78 is 6.79. The molecule has 0 aliphatic carbocycles. The second-order valence-electron chi connectivity index (χ2n) is 5.25. The number of oxazole rings is 1. The third kappa shape index (κ3) is 4.29. The summed E-state index contributed by atoms with van der Waals surface area (Å²) in [5.41, 5.74) is 1.06. The number of carbonyl (C=O) groups is 2. The molecule has 0 saturated carbocycles. The minimum Gasteiger partial charge on any atom is -0.480 e. The molecule has 3 aromatic heterocycles. The van der Waals surface area contributed by atoms with Gasteiger partial charge in [-0.05, 0) is 18.4 Å². The highest BCUT2D eigenvalue weighted by Gasteiger charge is 2.15. The Kier molecular flexibility index (Phi) is 4.89. The summed E-state index contributed by atoms with van der Waals surface area (Å²) in [6, 6.07) is 3.81. The normalized spacial score (nSPS) is 10.8. The van der Waals surface area contributed by atoms with Gasteiger partial charge in [0.1, 0.15) is 18.0 Å². The first-order valence-electron chi connectivity index (χ1n) is 7.39. The molecule has 10 heteroatoms. The number of hydrogen-bond acceptors (Lipinski definition) is 7. The zero-order chi connectivity index (χ0) is 17.8. The van der Waals surface area contributed by atoms with E-state index in [0.717, 1.165) is 4.88 Å². The summed E-state index contributed by atoms with van der Waals surface area (Å²) in [6.07, 6.45) is 1.56. The predicted molar refractivity (Wildman–Crippen MR) is 87.8 cm³/mol. The third-order valence-electron chi connectivity index (χ3n) is 3.30. The maximum absolute atomic E-state index is 12.1. The Hall–Kier alpha value is -3.01. The van der Waals surface area contributed by atoms with Crippen LogP contribution in [0.2, 0.25) is 0 Å².